The predicted molar refractivity (Wildman–Crippen MR) is 81.9 cm³/mol. The van der Waals surface area contributed by atoms with E-state index in [0.29, 0.717) is 11.7 Å². The first-order chi connectivity index (χ1) is 9.66. The Kier molecular flexibility index (Phi) is 4.23. The van der Waals surface area contributed by atoms with Crippen LogP contribution in [0.5, 0.6) is 0 Å². The number of carboxylic acids is 1. The van der Waals surface area contributed by atoms with Gasteiger partial charge in [-0.05, 0) is 30.9 Å². The van der Waals surface area contributed by atoms with Crippen molar-refractivity contribution in [3.8, 4) is 0 Å². The molecule has 2 rings (SSSR count). The van der Waals surface area contributed by atoms with Crippen LogP contribution in [0.25, 0.3) is 0 Å². The summed E-state index contributed by atoms with van der Waals surface area (Å²) in [7, 11) is 1.92. The molecule has 21 heavy (non-hydrogen) atoms. The van der Waals surface area contributed by atoms with Gasteiger partial charge in [-0.3, -0.25) is 0 Å². The van der Waals surface area contributed by atoms with Gasteiger partial charge in [-0.2, -0.15) is 0 Å². The molecule has 1 aliphatic carbocycles. The topological polar surface area (TPSA) is 73.7 Å². The smallest absolute Gasteiger partial charge is 0.335 e. The van der Waals surface area contributed by atoms with E-state index in [1.807, 2.05) is 32.7 Å². The molecule has 0 aromatic carbocycles. The zero-order valence-corrected chi connectivity index (χ0v) is 13.1. The van der Waals surface area contributed by atoms with Crippen molar-refractivity contribution in [3.05, 3.63) is 23.4 Å². The van der Waals surface area contributed by atoms with Gasteiger partial charge in [0.15, 0.2) is 0 Å². The molecule has 1 aromatic heterocycles. The van der Waals surface area contributed by atoms with E-state index in [0.717, 1.165) is 25.1 Å². The number of rotatable bonds is 4. The Morgan fingerprint density at radius 2 is 2.00 bits per heavy atom. The van der Waals surface area contributed by atoms with E-state index >= 15 is 0 Å². The molecule has 1 fully saturated rings. The number of hydrogen-bond donors (Lipinski definition) is 2. The number of aromatic nitrogens is 1. The van der Waals surface area contributed by atoms with Gasteiger partial charge in [-0.25, -0.2) is 9.78 Å². The Balaban J connectivity index is 2.24. The number of anilines is 1. The predicted octanol–water partition coefficient (Wildman–Crippen LogP) is 2.28. The molecular weight excluding hydrogens is 268 g/mol. The highest BCUT2D eigenvalue weighted by atomic mass is 16.4. The van der Waals surface area contributed by atoms with Gasteiger partial charge in [-0.15, -0.1) is 0 Å². The number of aliphatic hydroxyl groups is 1. The molecule has 0 amide bonds. The number of aliphatic hydroxyl groups excluding tert-OH is 1. The molecule has 0 atom stereocenters. The van der Waals surface area contributed by atoms with Gasteiger partial charge in [0.05, 0.1) is 11.7 Å². The quantitative estimate of drug-likeness (QED) is 0.890. The summed E-state index contributed by atoms with van der Waals surface area (Å²) in [5, 5.41) is 18.6. The van der Waals surface area contributed by atoms with Gasteiger partial charge in [0.25, 0.3) is 0 Å². The van der Waals surface area contributed by atoms with Crippen molar-refractivity contribution in [1.82, 2.24) is 4.98 Å². The highest BCUT2D eigenvalue weighted by molar-refractivity contribution is 5.88. The molecule has 5 heteroatoms. The molecule has 1 saturated carbocycles. The molecule has 0 spiro atoms. The van der Waals surface area contributed by atoms with E-state index in [4.69, 9.17) is 0 Å². The molecule has 0 radical (unpaired) electrons. The Morgan fingerprint density at radius 3 is 2.48 bits per heavy atom. The number of aromatic carboxylic acids is 1. The minimum absolute atomic E-state index is 0.174. The number of hydrogen-bond acceptors (Lipinski definition) is 4. The monoisotopic (exact) mass is 292 g/mol. The maximum absolute atomic E-state index is 11.3. The fraction of sp³-hybridized carbons (Fsp3) is 0.625. The van der Waals surface area contributed by atoms with Crippen LogP contribution in [0.1, 0.15) is 49.7 Å². The average Bonchev–Trinajstić information content (AvgIpc) is 2.35. The minimum atomic E-state index is -0.934. The Hall–Kier alpha value is -1.62. The lowest BCUT2D eigenvalue weighted by atomic mass is 9.82. The third-order valence-electron chi connectivity index (χ3n) is 3.96. The average molecular weight is 292 g/mol. The molecule has 2 N–H and O–H groups in total. The van der Waals surface area contributed by atoms with Crippen LogP contribution < -0.4 is 4.90 Å². The van der Waals surface area contributed by atoms with Crippen LogP contribution in [0.3, 0.4) is 0 Å². The molecule has 1 heterocycles. The highest BCUT2D eigenvalue weighted by Gasteiger charge is 2.29. The van der Waals surface area contributed by atoms with Crippen molar-refractivity contribution >= 4 is 11.8 Å². The summed E-state index contributed by atoms with van der Waals surface area (Å²) in [6, 6.07) is 3.26. The van der Waals surface area contributed by atoms with Crippen LogP contribution in [-0.4, -0.2) is 40.9 Å². The largest absolute Gasteiger partial charge is 0.478 e. The van der Waals surface area contributed by atoms with Gasteiger partial charge >= 0.3 is 5.97 Å². The highest BCUT2D eigenvalue weighted by Crippen LogP contribution is 2.30. The van der Waals surface area contributed by atoms with Crippen molar-refractivity contribution in [2.24, 2.45) is 5.92 Å². The summed E-state index contributed by atoms with van der Waals surface area (Å²) in [5.74, 6) is 0.205. The summed E-state index contributed by atoms with van der Waals surface area (Å²) < 4.78 is 0. The molecular formula is C16H24N2O3. The van der Waals surface area contributed by atoms with Crippen molar-refractivity contribution in [1.29, 1.82) is 0 Å². The Labute approximate surface area is 125 Å². The van der Waals surface area contributed by atoms with E-state index in [9.17, 15) is 15.0 Å². The van der Waals surface area contributed by atoms with E-state index in [-0.39, 0.29) is 17.1 Å². The van der Waals surface area contributed by atoms with E-state index in [1.54, 1.807) is 12.1 Å². The normalized spacial score (nSPS) is 21.8. The second-order valence-corrected chi connectivity index (χ2v) is 7.03. The first kappa shape index (κ1) is 15.8. The van der Waals surface area contributed by atoms with Crippen LogP contribution in [0.2, 0.25) is 0 Å². The van der Waals surface area contributed by atoms with Crippen molar-refractivity contribution in [3.63, 3.8) is 0 Å². The molecule has 1 aromatic rings. The lowest BCUT2D eigenvalue weighted by Gasteiger charge is -2.35. The lowest BCUT2D eigenvalue weighted by Crippen LogP contribution is -2.37. The zero-order valence-electron chi connectivity index (χ0n) is 13.1. The fourth-order valence-corrected chi connectivity index (χ4v) is 2.55. The second-order valence-electron chi connectivity index (χ2n) is 7.03. The lowest BCUT2D eigenvalue weighted by molar-refractivity contribution is 0.0464. The van der Waals surface area contributed by atoms with E-state index in [2.05, 4.69) is 4.98 Å². The van der Waals surface area contributed by atoms with Gasteiger partial charge in [0, 0.05) is 24.7 Å². The first-order valence-corrected chi connectivity index (χ1v) is 7.32. The van der Waals surface area contributed by atoms with E-state index in [1.165, 1.54) is 0 Å². The Bertz CT molecular complexity index is 531. The van der Waals surface area contributed by atoms with Crippen LogP contribution >= 0.6 is 0 Å². The number of nitrogens with zero attached hydrogens (tertiary/aromatic N) is 2. The van der Waals surface area contributed by atoms with Crippen molar-refractivity contribution in [2.45, 2.75) is 45.1 Å². The molecule has 0 unspecified atom stereocenters. The van der Waals surface area contributed by atoms with E-state index < -0.39 is 5.97 Å². The molecule has 0 bridgehead atoms. The van der Waals surface area contributed by atoms with Gasteiger partial charge in [-0.1, -0.05) is 20.8 Å². The van der Waals surface area contributed by atoms with Crippen LogP contribution in [0, 0.1) is 5.92 Å². The number of carbonyl (C=O) groups is 1. The third-order valence-corrected chi connectivity index (χ3v) is 3.96. The SMILES string of the molecule is CN(CC1CC(O)C1)c1cc(C(=O)O)cc(C(C)(C)C)n1. The zero-order chi connectivity index (χ0) is 15.8. The molecule has 0 aliphatic heterocycles. The number of carboxylic acid groups (broad SMARTS) is 1. The van der Waals surface area contributed by atoms with Crippen LogP contribution in [0.4, 0.5) is 5.82 Å². The second kappa shape index (κ2) is 5.64. The van der Waals surface area contributed by atoms with Gasteiger partial charge in [0.1, 0.15) is 5.82 Å². The van der Waals surface area contributed by atoms with Gasteiger partial charge in [0.2, 0.25) is 0 Å². The Morgan fingerprint density at radius 1 is 1.38 bits per heavy atom. The molecule has 116 valence electrons. The van der Waals surface area contributed by atoms with Crippen molar-refractivity contribution < 1.29 is 15.0 Å². The standard InChI is InChI=1S/C16H24N2O3/c1-16(2,3)13-7-11(15(20)21)8-14(17-13)18(4)9-10-5-12(19)6-10/h7-8,10,12,19H,5-6,9H2,1-4H3,(H,20,21). The van der Waals surface area contributed by atoms with Crippen LogP contribution in [0.15, 0.2) is 12.1 Å². The maximum atomic E-state index is 11.3. The maximum Gasteiger partial charge on any atom is 0.335 e. The minimum Gasteiger partial charge on any atom is -0.478 e. The first-order valence-electron chi connectivity index (χ1n) is 7.32. The van der Waals surface area contributed by atoms with Gasteiger partial charge < -0.3 is 15.1 Å². The summed E-state index contributed by atoms with van der Waals surface area (Å²) in [4.78, 5) is 17.9. The molecule has 1 aliphatic rings. The summed E-state index contributed by atoms with van der Waals surface area (Å²) in [6.45, 7) is 6.85. The van der Waals surface area contributed by atoms with Crippen molar-refractivity contribution in [2.75, 3.05) is 18.5 Å². The summed E-state index contributed by atoms with van der Waals surface area (Å²) >= 11 is 0. The summed E-state index contributed by atoms with van der Waals surface area (Å²) in [6.07, 6.45) is 1.45. The summed E-state index contributed by atoms with van der Waals surface area (Å²) in [5.41, 5.74) is 0.844. The third kappa shape index (κ3) is 3.73. The number of pyridine rings is 1. The fourth-order valence-electron chi connectivity index (χ4n) is 2.55. The molecule has 0 saturated heterocycles. The van der Waals surface area contributed by atoms with Crippen LogP contribution in [-0.2, 0) is 5.41 Å². The molecule has 5 nitrogen and oxygen atoms in total.